The molecule has 0 bridgehead atoms. The molecule has 1 amide bonds. The van der Waals surface area contributed by atoms with E-state index in [2.05, 4.69) is 15.4 Å². The summed E-state index contributed by atoms with van der Waals surface area (Å²) in [7, 11) is 0. The Morgan fingerprint density at radius 2 is 1.75 bits per heavy atom. The van der Waals surface area contributed by atoms with E-state index in [4.69, 9.17) is 20.8 Å². The molecule has 0 unspecified atom stereocenters. The molecule has 196 valence electrons. The van der Waals surface area contributed by atoms with Gasteiger partial charge < -0.3 is 14.5 Å². The number of ether oxygens (including phenoxy) is 1. The normalized spacial score (nSPS) is 11.3. The Kier molecular flexibility index (Phi) is 6.82. The van der Waals surface area contributed by atoms with Gasteiger partial charge in [-0.1, -0.05) is 41.9 Å². The first-order chi connectivity index (χ1) is 19.5. The minimum absolute atomic E-state index is 0.132. The molecule has 2 heterocycles. The topological polar surface area (TPSA) is 98.7 Å². The maximum Gasteiger partial charge on any atom is 0.282 e. The second-order valence-electron chi connectivity index (χ2n) is 8.88. The molecule has 4 aromatic carbocycles. The minimum atomic E-state index is -0.334. The average molecular weight is 549 g/mol. The number of anilines is 1. The summed E-state index contributed by atoms with van der Waals surface area (Å²) in [5.74, 6) is 0.901. The van der Waals surface area contributed by atoms with Gasteiger partial charge in [0.25, 0.3) is 11.5 Å². The third-order valence-electron chi connectivity index (χ3n) is 6.08. The Morgan fingerprint density at radius 3 is 2.58 bits per heavy atom. The van der Waals surface area contributed by atoms with Crippen LogP contribution in [0.25, 0.3) is 33.5 Å². The van der Waals surface area contributed by atoms with Gasteiger partial charge in [0.05, 0.1) is 17.1 Å². The summed E-state index contributed by atoms with van der Waals surface area (Å²) < 4.78 is 12.8. The van der Waals surface area contributed by atoms with E-state index in [1.54, 1.807) is 85.1 Å². The lowest BCUT2D eigenvalue weighted by Crippen LogP contribution is -2.20. The van der Waals surface area contributed by atoms with Gasteiger partial charge in [-0.3, -0.25) is 9.59 Å². The van der Waals surface area contributed by atoms with Crippen LogP contribution >= 0.6 is 11.6 Å². The molecule has 0 aliphatic heterocycles. The summed E-state index contributed by atoms with van der Waals surface area (Å²) in [6, 6.07) is 30.3. The molecule has 0 aliphatic carbocycles. The highest BCUT2D eigenvalue weighted by molar-refractivity contribution is 6.31. The second-order valence-corrected chi connectivity index (χ2v) is 9.32. The van der Waals surface area contributed by atoms with Crippen LogP contribution in [0.3, 0.4) is 0 Å². The number of benzene rings is 4. The minimum Gasteiger partial charge on any atom is -0.484 e. The molecule has 9 heteroatoms. The Bertz CT molecular complexity index is 1930. The SMILES string of the molecule is O=C(COc1ccc(C=Nn2c(-c3cc4cc(Cl)ccc4o3)nc3ccccc3c2=O)cc1)Nc1ccccc1. The Balaban J connectivity index is 1.26. The average Bonchev–Trinajstić information content (AvgIpc) is 3.40. The number of hydrogen-bond acceptors (Lipinski definition) is 6. The monoisotopic (exact) mass is 548 g/mol. The van der Waals surface area contributed by atoms with Crippen LogP contribution in [0, 0.1) is 0 Å². The van der Waals surface area contributed by atoms with Crippen LogP contribution in [0.5, 0.6) is 5.75 Å². The zero-order chi connectivity index (χ0) is 27.5. The summed E-state index contributed by atoms with van der Waals surface area (Å²) in [6.07, 6.45) is 1.55. The molecule has 0 fully saturated rings. The number of carbonyl (C=O) groups excluding carboxylic acids is 1. The first-order valence-electron chi connectivity index (χ1n) is 12.4. The van der Waals surface area contributed by atoms with E-state index in [0.717, 1.165) is 5.39 Å². The fourth-order valence-corrected chi connectivity index (χ4v) is 4.34. The number of nitrogens with one attached hydrogen (secondary N) is 1. The van der Waals surface area contributed by atoms with Crippen LogP contribution < -0.4 is 15.6 Å². The quantitative estimate of drug-likeness (QED) is 0.234. The van der Waals surface area contributed by atoms with Crippen molar-refractivity contribution in [1.82, 2.24) is 9.66 Å². The van der Waals surface area contributed by atoms with Gasteiger partial charge in [-0.15, -0.1) is 0 Å². The van der Waals surface area contributed by atoms with Gasteiger partial charge in [0, 0.05) is 16.1 Å². The van der Waals surface area contributed by atoms with Crippen LogP contribution in [0.15, 0.2) is 117 Å². The molecule has 0 atom stereocenters. The molecule has 0 saturated heterocycles. The van der Waals surface area contributed by atoms with Crippen LogP contribution in [-0.4, -0.2) is 28.4 Å². The predicted octanol–water partition coefficient (Wildman–Crippen LogP) is 6.36. The summed E-state index contributed by atoms with van der Waals surface area (Å²) in [6.45, 7) is -0.132. The zero-order valence-corrected chi connectivity index (χ0v) is 21.7. The first-order valence-corrected chi connectivity index (χ1v) is 12.7. The van der Waals surface area contributed by atoms with Crippen molar-refractivity contribution in [3.05, 3.63) is 124 Å². The number of hydrogen-bond donors (Lipinski definition) is 1. The molecular weight excluding hydrogens is 528 g/mol. The molecule has 6 rings (SSSR count). The highest BCUT2D eigenvalue weighted by Crippen LogP contribution is 2.29. The van der Waals surface area contributed by atoms with Crippen molar-refractivity contribution < 1.29 is 13.9 Å². The summed E-state index contributed by atoms with van der Waals surface area (Å²) >= 11 is 6.14. The van der Waals surface area contributed by atoms with Crippen molar-refractivity contribution in [3.63, 3.8) is 0 Å². The standard InChI is InChI=1S/C31H21ClN4O4/c32-22-12-15-27-21(16-22)17-28(40-27)30-35-26-9-5-4-8-25(26)31(38)36(30)33-18-20-10-13-24(14-11-20)39-19-29(37)34-23-6-2-1-3-7-23/h1-18H,19H2,(H,34,37). The predicted molar refractivity (Wildman–Crippen MR) is 156 cm³/mol. The lowest BCUT2D eigenvalue weighted by atomic mass is 10.2. The molecule has 1 N–H and O–H groups in total. The van der Waals surface area contributed by atoms with Gasteiger partial charge in [-0.05, 0) is 78.4 Å². The molecule has 2 aromatic heterocycles. The number of aromatic nitrogens is 2. The number of fused-ring (bicyclic) bond motifs is 2. The lowest BCUT2D eigenvalue weighted by molar-refractivity contribution is -0.118. The fraction of sp³-hybridized carbons (Fsp3) is 0.0323. The van der Waals surface area contributed by atoms with Crippen molar-refractivity contribution in [2.45, 2.75) is 0 Å². The van der Waals surface area contributed by atoms with E-state index in [0.29, 0.717) is 44.3 Å². The molecule has 40 heavy (non-hydrogen) atoms. The Hall–Kier alpha value is -5.21. The van der Waals surface area contributed by atoms with E-state index in [1.165, 1.54) is 4.68 Å². The Labute approximate surface area is 233 Å². The van der Waals surface area contributed by atoms with Crippen LogP contribution in [0.1, 0.15) is 5.56 Å². The third-order valence-corrected chi connectivity index (χ3v) is 6.32. The van der Waals surface area contributed by atoms with E-state index in [-0.39, 0.29) is 23.9 Å². The molecule has 8 nitrogen and oxygen atoms in total. The van der Waals surface area contributed by atoms with Gasteiger partial charge in [-0.25, -0.2) is 4.98 Å². The van der Waals surface area contributed by atoms with Crippen LogP contribution in [0.4, 0.5) is 5.69 Å². The largest absolute Gasteiger partial charge is 0.484 e. The highest BCUT2D eigenvalue weighted by atomic mass is 35.5. The van der Waals surface area contributed by atoms with E-state index < -0.39 is 0 Å². The van der Waals surface area contributed by atoms with E-state index >= 15 is 0 Å². The van der Waals surface area contributed by atoms with Crippen molar-refractivity contribution in [2.75, 3.05) is 11.9 Å². The van der Waals surface area contributed by atoms with Crippen molar-refractivity contribution >= 4 is 51.3 Å². The van der Waals surface area contributed by atoms with Gasteiger partial charge in [0.15, 0.2) is 12.4 Å². The zero-order valence-electron chi connectivity index (χ0n) is 21.0. The summed E-state index contributed by atoms with van der Waals surface area (Å²) in [5, 5.41) is 9.03. The van der Waals surface area contributed by atoms with Gasteiger partial charge in [0.2, 0.25) is 5.82 Å². The number of halogens is 1. The molecule has 0 aliphatic rings. The van der Waals surface area contributed by atoms with Crippen molar-refractivity contribution in [2.24, 2.45) is 5.10 Å². The number of nitrogens with zero attached hydrogens (tertiary/aromatic N) is 3. The smallest absolute Gasteiger partial charge is 0.282 e. The van der Waals surface area contributed by atoms with Crippen LogP contribution in [0.2, 0.25) is 5.02 Å². The van der Waals surface area contributed by atoms with Crippen molar-refractivity contribution in [1.29, 1.82) is 0 Å². The van der Waals surface area contributed by atoms with Gasteiger partial charge >= 0.3 is 0 Å². The summed E-state index contributed by atoms with van der Waals surface area (Å²) in [5.41, 5.74) is 2.23. The number of carbonyl (C=O) groups is 1. The maximum atomic E-state index is 13.4. The first kappa shape index (κ1) is 25.1. The molecule has 0 spiro atoms. The van der Waals surface area contributed by atoms with Gasteiger partial charge in [0.1, 0.15) is 11.3 Å². The number of para-hydroxylation sites is 2. The molecule has 6 aromatic rings. The number of rotatable bonds is 7. The third kappa shape index (κ3) is 5.34. The van der Waals surface area contributed by atoms with E-state index in [1.807, 2.05) is 24.3 Å². The highest BCUT2D eigenvalue weighted by Gasteiger charge is 2.16. The maximum absolute atomic E-state index is 13.4. The van der Waals surface area contributed by atoms with E-state index in [9.17, 15) is 9.59 Å². The Morgan fingerprint density at radius 1 is 0.975 bits per heavy atom. The van der Waals surface area contributed by atoms with Gasteiger partial charge in [-0.2, -0.15) is 9.78 Å². The second kappa shape index (κ2) is 10.9. The molecular formula is C31H21ClN4O4. The number of furan rings is 1. The molecule has 0 radical (unpaired) electrons. The molecule has 0 saturated carbocycles. The summed E-state index contributed by atoms with van der Waals surface area (Å²) in [4.78, 5) is 30.3. The van der Waals surface area contributed by atoms with Crippen LogP contribution in [-0.2, 0) is 4.79 Å². The number of amides is 1. The van der Waals surface area contributed by atoms with Crippen molar-refractivity contribution in [3.8, 4) is 17.3 Å². The lowest BCUT2D eigenvalue weighted by Gasteiger charge is -2.08. The fourth-order valence-electron chi connectivity index (χ4n) is 4.16.